The van der Waals surface area contributed by atoms with Crippen molar-refractivity contribution < 1.29 is 0 Å². The highest BCUT2D eigenvalue weighted by Crippen LogP contribution is 2.33. The molecule has 1 fully saturated rings. The lowest BCUT2D eigenvalue weighted by molar-refractivity contribution is 0.774. The van der Waals surface area contributed by atoms with Crippen LogP contribution in [-0.2, 0) is 0 Å². The quantitative estimate of drug-likeness (QED) is 0.856. The zero-order chi connectivity index (χ0) is 13.2. The van der Waals surface area contributed by atoms with Gasteiger partial charge in [0, 0.05) is 19.0 Å². The van der Waals surface area contributed by atoms with Crippen LogP contribution in [0, 0.1) is 0 Å². The molecule has 0 radical (unpaired) electrons. The minimum Gasteiger partial charge on any atom is -0.393 e. The van der Waals surface area contributed by atoms with Gasteiger partial charge in [0.2, 0.25) is 0 Å². The lowest BCUT2D eigenvalue weighted by atomic mass is 9.99. The maximum absolute atomic E-state index is 5.95. The largest absolute Gasteiger partial charge is 0.393 e. The summed E-state index contributed by atoms with van der Waals surface area (Å²) in [6.45, 7) is 1.86. The molecule has 1 aromatic heterocycles. The van der Waals surface area contributed by atoms with Crippen molar-refractivity contribution in [3.63, 3.8) is 0 Å². The Bertz CT molecular complexity index is 573. The molecule has 2 aromatic rings. The van der Waals surface area contributed by atoms with Crippen LogP contribution in [0.1, 0.15) is 17.9 Å². The summed E-state index contributed by atoms with van der Waals surface area (Å²) < 4.78 is 0. The van der Waals surface area contributed by atoms with Crippen LogP contribution in [0.25, 0.3) is 0 Å². The molecule has 1 aliphatic heterocycles. The van der Waals surface area contributed by atoms with Crippen molar-refractivity contribution in [3.05, 3.63) is 47.4 Å². The number of aromatic nitrogens is 2. The fourth-order valence-corrected chi connectivity index (χ4v) is 2.70. The Kier molecular flexibility index (Phi) is 3.25. The van der Waals surface area contributed by atoms with E-state index in [4.69, 9.17) is 17.3 Å². The molecule has 19 heavy (non-hydrogen) atoms. The lowest BCUT2D eigenvalue weighted by Gasteiger charge is -2.19. The third-order valence-corrected chi connectivity index (χ3v) is 3.87. The molecule has 1 unspecified atom stereocenters. The molecule has 1 atom stereocenters. The first-order chi connectivity index (χ1) is 9.25. The highest BCUT2D eigenvalue weighted by atomic mass is 35.5. The second kappa shape index (κ2) is 5.05. The van der Waals surface area contributed by atoms with Crippen LogP contribution >= 0.6 is 11.6 Å². The van der Waals surface area contributed by atoms with Crippen molar-refractivity contribution in [3.8, 4) is 0 Å². The van der Waals surface area contributed by atoms with Crippen LogP contribution in [-0.4, -0.2) is 23.1 Å². The van der Waals surface area contributed by atoms with Gasteiger partial charge in [-0.2, -0.15) is 0 Å². The molecule has 0 saturated carbocycles. The number of halogens is 1. The Morgan fingerprint density at radius 3 is 2.79 bits per heavy atom. The number of nitrogen functional groups attached to an aromatic ring is 1. The molecule has 5 heteroatoms. The van der Waals surface area contributed by atoms with Crippen LogP contribution in [0.15, 0.2) is 36.7 Å². The van der Waals surface area contributed by atoms with Gasteiger partial charge in [-0.3, -0.25) is 0 Å². The van der Waals surface area contributed by atoms with Crippen LogP contribution in [0.4, 0.5) is 11.5 Å². The highest BCUT2D eigenvalue weighted by Gasteiger charge is 2.26. The number of rotatable bonds is 2. The molecule has 4 nitrogen and oxygen atoms in total. The van der Waals surface area contributed by atoms with Gasteiger partial charge in [0.25, 0.3) is 0 Å². The zero-order valence-electron chi connectivity index (χ0n) is 10.5. The van der Waals surface area contributed by atoms with E-state index in [0.29, 0.717) is 16.8 Å². The number of hydrogen-bond acceptors (Lipinski definition) is 4. The van der Waals surface area contributed by atoms with E-state index >= 15 is 0 Å². The number of anilines is 2. The maximum atomic E-state index is 5.95. The minimum atomic E-state index is 0.327. The van der Waals surface area contributed by atoms with E-state index < -0.39 is 0 Å². The maximum Gasteiger partial charge on any atom is 0.157 e. The fraction of sp³-hybridized carbons (Fsp3) is 0.286. The zero-order valence-corrected chi connectivity index (χ0v) is 11.2. The van der Waals surface area contributed by atoms with Crippen molar-refractivity contribution >= 4 is 23.1 Å². The Hall–Kier alpha value is -1.81. The lowest BCUT2D eigenvalue weighted by Crippen LogP contribution is -2.22. The number of nitrogens with zero attached hydrogens (tertiary/aromatic N) is 3. The summed E-state index contributed by atoms with van der Waals surface area (Å²) in [5, 5.41) is 0.327. The normalized spacial score (nSPS) is 18.8. The molecule has 0 amide bonds. The average molecular weight is 275 g/mol. The summed E-state index contributed by atoms with van der Waals surface area (Å²) in [6.07, 6.45) is 2.56. The minimum absolute atomic E-state index is 0.327. The molecule has 0 bridgehead atoms. The molecule has 0 spiro atoms. The first-order valence-corrected chi connectivity index (χ1v) is 6.69. The monoisotopic (exact) mass is 274 g/mol. The summed E-state index contributed by atoms with van der Waals surface area (Å²) in [5.74, 6) is 1.27. The van der Waals surface area contributed by atoms with E-state index in [9.17, 15) is 0 Å². The third-order valence-electron chi connectivity index (χ3n) is 3.57. The van der Waals surface area contributed by atoms with E-state index in [0.717, 1.165) is 25.3 Å². The van der Waals surface area contributed by atoms with Gasteiger partial charge in [0.1, 0.15) is 12.0 Å². The van der Waals surface area contributed by atoms with E-state index in [2.05, 4.69) is 39.1 Å². The van der Waals surface area contributed by atoms with Gasteiger partial charge in [-0.05, 0) is 12.0 Å². The van der Waals surface area contributed by atoms with Crippen LogP contribution in [0.2, 0.25) is 5.15 Å². The number of benzene rings is 1. The van der Waals surface area contributed by atoms with Gasteiger partial charge in [0.05, 0.1) is 0 Å². The molecular formula is C14H15ClN4. The van der Waals surface area contributed by atoms with Crippen LogP contribution in [0.3, 0.4) is 0 Å². The van der Waals surface area contributed by atoms with E-state index in [1.807, 2.05) is 6.07 Å². The molecular weight excluding hydrogens is 260 g/mol. The Morgan fingerprint density at radius 1 is 1.21 bits per heavy atom. The Labute approximate surface area is 117 Å². The number of hydrogen-bond donors (Lipinski definition) is 1. The molecule has 2 heterocycles. The fourth-order valence-electron chi connectivity index (χ4n) is 2.57. The van der Waals surface area contributed by atoms with E-state index in [-0.39, 0.29) is 0 Å². The van der Waals surface area contributed by atoms with Gasteiger partial charge < -0.3 is 10.6 Å². The van der Waals surface area contributed by atoms with Crippen molar-refractivity contribution in [2.24, 2.45) is 0 Å². The predicted molar refractivity (Wildman–Crippen MR) is 77.5 cm³/mol. The molecule has 0 aliphatic carbocycles. The van der Waals surface area contributed by atoms with Crippen molar-refractivity contribution in [1.29, 1.82) is 0 Å². The first kappa shape index (κ1) is 12.2. The molecule has 1 saturated heterocycles. The van der Waals surface area contributed by atoms with Gasteiger partial charge >= 0.3 is 0 Å². The third kappa shape index (κ3) is 2.36. The highest BCUT2D eigenvalue weighted by molar-refractivity contribution is 6.32. The smallest absolute Gasteiger partial charge is 0.157 e. The van der Waals surface area contributed by atoms with Crippen molar-refractivity contribution in [2.45, 2.75) is 12.3 Å². The second-order valence-electron chi connectivity index (χ2n) is 4.74. The van der Waals surface area contributed by atoms with Gasteiger partial charge in [0.15, 0.2) is 11.0 Å². The Balaban J connectivity index is 1.81. The predicted octanol–water partition coefficient (Wildman–Crippen LogP) is 2.71. The van der Waals surface area contributed by atoms with Crippen molar-refractivity contribution in [2.75, 3.05) is 23.7 Å². The van der Waals surface area contributed by atoms with Gasteiger partial charge in [-0.1, -0.05) is 41.9 Å². The van der Waals surface area contributed by atoms with Crippen LogP contribution in [0.5, 0.6) is 0 Å². The van der Waals surface area contributed by atoms with Crippen molar-refractivity contribution in [1.82, 2.24) is 9.97 Å². The summed E-state index contributed by atoms with van der Waals surface area (Å²) in [5.41, 5.74) is 7.78. The Morgan fingerprint density at radius 2 is 2.00 bits per heavy atom. The molecule has 2 N–H and O–H groups in total. The molecule has 98 valence electrons. The van der Waals surface area contributed by atoms with Crippen LogP contribution < -0.4 is 10.6 Å². The van der Waals surface area contributed by atoms with E-state index in [1.54, 1.807) is 0 Å². The summed E-state index contributed by atoms with van der Waals surface area (Å²) in [6, 6.07) is 10.5. The molecule has 3 rings (SSSR count). The first-order valence-electron chi connectivity index (χ1n) is 6.31. The molecule has 1 aromatic carbocycles. The molecule has 1 aliphatic rings. The van der Waals surface area contributed by atoms with Gasteiger partial charge in [-0.25, -0.2) is 9.97 Å². The summed E-state index contributed by atoms with van der Waals surface area (Å²) in [7, 11) is 0. The SMILES string of the molecule is Nc1c(Cl)ncnc1N1CCC(c2ccccc2)C1. The van der Waals surface area contributed by atoms with Gasteiger partial charge in [-0.15, -0.1) is 0 Å². The standard InChI is InChI=1S/C14H15ClN4/c15-13-12(16)14(18-9-17-13)19-7-6-11(8-19)10-4-2-1-3-5-10/h1-5,9,11H,6-8,16H2. The summed E-state index contributed by atoms with van der Waals surface area (Å²) >= 11 is 5.94. The van der Waals surface area contributed by atoms with E-state index in [1.165, 1.54) is 11.9 Å². The topological polar surface area (TPSA) is 55.0 Å². The number of nitrogens with two attached hydrogens (primary N) is 1. The second-order valence-corrected chi connectivity index (χ2v) is 5.10. The summed E-state index contributed by atoms with van der Waals surface area (Å²) in [4.78, 5) is 10.3. The average Bonchev–Trinajstić information content (AvgIpc) is 2.92.